The lowest BCUT2D eigenvalue weighted by Gasteiger charge is -2.12. The van der Waals surface area contributed by atoms with Crippen LogP contribution in [-0.4, -0.2) is 22.9 Å². The summed E-state index contributed by atoms with van der Waals surface area (Å²) in [5.41, 5.74) is 2.01. The van der Waals surface area contributed by atoms with Gasteiger partial charge in [-0.3, -0.25) is 0 Å². The van der Waals surface area contributed by atoms with Gasteiger partial charge in [-0.2, -0.15) is 4.98 Å². The van der Waals surface area contributed by atoms with E-state index in [-0.39, 0.29) is 5.75 Å². The third-order valence-corrected chi connectivity index (χ3v) is 4.34. The van der Waals surface area contributed by atoms with Crippen molar-refractivity contribution in [2.45, 2.75) is 19.8 Å². The monoisotopic (exact) mass is 466 g/mol. The second kappa shape index (κ2) is 9.13. The molecule has 152 valence electrons. The summed E-state index contributed by atoms with van der Waals surface area (Å²) in [6, 6.07) is 15.2. The molecule has 0 amide bonds. The molecule has 1 heterocycles. The van der Waals surface area contributed by atoms with E-state index in [9.17, 15) is 13.2 Å². The predicted octanol–water partition coefficient (Wildman–Crippen LogP) is 5.85. The van der Waals surface area contributed by atoms with E-state index in [0.29, 0.717) is 36.1 Å². The third kappa shape index (κ3) is 6.35. The number of ether oxygens (including phenoxy) is 1. The molecular formula is C20H18BrF3N4O. The van der Waals surface area contributed by atoms with Gasteiger partial charge in [0.05, 0.1) is 5.69 Å². The maximum absolute atomic E-state index is 12.5. The Hall–Kier alpha value is -2.81. The lowest BCUT2D eigenvalue weighted by molar-refractivity contribution is -0.274. The highest BCUT2D eigenvalue weighted by Gasteiger charge is 2.31. The van der Waals surface area contributed by atoms with Crippen LogP contribution in [0.15, 0.2) is 59.1 Å². The van der Waals surface area contributed by atoms with Gasteiger partial charge in [-0.1, -0.05) is 40.2 Å². The van der Waals surface area contributed by atoms with Gasteiger partial charge in [0, 0.05) is 29.2 Å². The molecule has 0 aliphatic rings. The van der Waals surface area contributed by atoms with Crippen LogP contribution in [0, 0.1) is 0 Å². The fraction of sp³-hybridized carbons (Fsp3) is 0.200. The molecule has 0 radical (unpaired) electrons. The highest BCUT2D eigenvalue weighted by molar-refractivity contribution is 9.10. The minimum atomic E-state index is -4.75. The summed E-state index contributed by atoms with van der Waals surface area (Å²) in [4.78, 5) is 8.80. The summed E-state index contributed by atoms with van der Waals surface area (Å²) < 4.78 is 42.6. The van der Waals surface area contributed by atoms with E-state index in [1.807, 2.05) is 31.2 Å². The molecule has 3 rings (SSSR count). The van der Waals surface area contributed by atoms with Crippen LogP contribution in [0.4, 0.5) is 24.9 Å². The van der Waals surface area contributed by atoms with Gasteiger partial charge in [0.25, 0.3) is 0 Å². The number of hydrogen-bond acceptors (Lipinski definition) is 5. The number of hydrogen-bond donors (Lipinski definition) is 2. The fourth-order valence-electron chi connectivity index (χ4n) is 2.57. The Morgan fingerprint density at radius 2 is 1.76 bits per heavy atom. The summed E-state index contributed by atoms with van der Waals surface area (Å²) in [5.74, 6) is 0.629. The average Bonchev–Trinajstić information content (AvgIpc) is 2.66. The Morgan fingerprint density at radius 1 is 1.00 bits per heavy atom. The van der Waals surface area contributed by atoms with E-state index in [0.717, 1.165) is 10.0 Å². The first-order chi connectivity index (χ1) is 13.8. The van der Waals surface area contributed by atoms with Crippen molar-refractivity contribution in [3.63, 3.8) is 0 Å². The SMILES string of the molecule is CCNc1nc(NCc2ccc(Br)cc2)cc(-c2cccc(OC(F)(F)F)c2)n1. The first-order valence-electron chi connectivity index (χ1n) is 8.80. The molecule has 9 heteroatoms. The van der Waals surface area contributed by atoms with Crippen molar-refractivity contribution in [3.8, 4) is 17.0 Å². The maximum atomic E-state index is 12.5. The zero-order valence-electron chi connectivity index (χ0n) is 15.4. The molecule has 0 saturated carbocycles. The highest BCUT2D eigenvalue weighted by atomic mass is 79.9. The normalized spacial score (nSPS) is 11.2. The van der Waals surface area contributed by atoms with Crippen LogP contribution >= 0.6 is 15.9 Å². The summed E-state index contributed by atoms with van der Waals surface area (Å²) in [7, 11) is 0. The Bertz CT molecular complexity index is 965. The van der Waals surface area contributed by atoms with Crippen molar-refractivity contribution in [3.05, 3.63) is 64.6 Å². The van der Waals surface area contributed by atoms with Crippen LogP contribution in [0.3, 0.4) is 0 Å². The molecule has 0 aliphatic heterocycles. The van der Waals surface area contributed by atoms with E-state index in [2.05, 4.69) is 41.3 Å². The van der Waals surface area contributed by atoms with Gasteiger partial charge in [0.1, 0.15) is 11.6 Å². The zero-order chi connectivity index (χ0) is 20.9. The average molecular weight is 467 g/mol. The van der Waals surface area contributed by atoms with Crippen molar-refractivity contribution >= 4 is 27.7 Å². The molecular weight excluding hydrogens is 449 g/mol. The molecule has 0 fully saturated rings. The number of nitrogens with zero attached hydrogens (tertiary/aromatic N) is 2. The molecule has 5 nitrogen and oxygen atoms in total. The van der Waals surface area contributed by atoms with Crippen LogP contribution in [0.1, 0.15) is 12.5 Å². The second-order valence-corrected chi connectivity index (χ2v) is 6.96. The van der Waals surface area contributed by atoms with Crippen LogP contribution < -0.4 is 15.4 Å². The van der Waals surface area contributed by atoms with Gasteiger partial charge in [-0.25, -0.2) is 4.98 Å². The van der Waals surface area contributed by atoms with Crippen molar-refractivity contribution in [2.24, 2.45) is 0 Å². The standard InChI is InChI=1S/C20H18BrF3N4O/c1-2-25-19-27-17(14-4-3-5-16(10-14)29-20(22,23)24)11-18(28-19)26-12-13-6-8-15(21)9-7-13/h3-11H,2,12H2,1H3,(H2,25,26,27,28). The Morgan fingerprint density at radius 3 is 2.45 bits per heavy atom. The molecule has 29 heavy (non-hydrogen) atoms. The van der Waals surface area contributed by atoms with E-state index in [1.165, 1.54) is 18.2 Å². The highest BCUT2D eigenvalue weighted by Crippen LogP contribution is 2.28. The van der Waals surface area contributed by atoms with E-state index >= 15 is 0 Å². The summed E-state index contributed by atoms with van der Waals surface area (Å²) >= 11 is 3.40. The lowest BCUT2D eigenvalue weighted by atomic mass is 10.1. The van der Waals surface area contributed by atoms with Gasteiger partial charge < -0.3 is 15.4 Å². The molecule has 0 saturated heterocycles. The van der Waals surface area contributed by atoms with Crippen LogP contribution in [-0.2, 0) is 6.54 Å². The summed E-state index contributed by atoms with van der Waals surface area (Å²) in [5, 5.41) is 6.26. The number of nitrogens with one attached hydrogen (secondary N) is 2. The van der Waals surface area contributed by atoms with Crippen molar-refractivity contribution in [1.29, 1.82) is 0 Å². The van der Waals surface area contributed by atoms with Crippen molar-refractivity contribution < 1.29 is 17.9 Å². The first-order valence-corrected chi connectivity index (χ1v) is 9.59. The fourth-order valence-corrected chi connectivity index (χ4v) is 2.83. The van der Waals surface area contributed by atoms with Gasteiger partial charge in [0.2, 0.25) is 5.95 Å². The van der Waals surface area contributed by atoms with E-state index < -0.39 is 6.36 Å². The molecule has 0 spiro atoms. The largest absolute Gasteiger partial charge is 0.573 e. The third-order valence-electron chi connectivity index (χ3n) is 3.81. The minimum Gasteiger partial charge on any atom is -0.406 e. The number of aromatic nitrogens is 2. The Balaban J connectivity index is 1.86. The molecule has 0 aliphatic carbocycles. The van der Waals surface area contributed by atoms with Gasteiger partial charge in [-0.15, -0.1) is 13.2 Å². The second-order valence-electron chi connectivity index (χ2n) is 6.05. The first kappa shape index (κ1) is 20.9. The molecule has 1 aromatic heterocycles. The topological polar surface area (TPSA) is 59.1 Å². The van der Waals surface area contributed by atoms with Gasteiger partial charge >= 0.3 is 6.36 Å². The predicted molar refractivity (Wildman–Crippen MR) is 110 cm³/mol. The lowest BCUT2D eigenvalue weighted by Crippen LogP contribution is -2.17. The van der Waals surface area contributed by atoms with Crippen LogP contribution in [0.5, 0.6) is 5.75 Å². The summed E-state index contributed by atoms with van der Waals surface area (Å²) in [6.45, 7) is 3.04. The molecule has 2 aromatic carbocycles. The number of alkyl halides is 3. The number of benzene rings is 2. The smallest absolute Gasteiger partial charge is 0.406 e. The molecule has 0 unspecified atom stereocenters. The van der Waals surface area contributed by atoms with Crippen LogP contribution in [0.2, 0.25) is 0 Å². The quantitative estimate of drug-likeness (QED) is 0.457. The maximum Gasteiger partial charge on any atom is 0.573 e. The summed E-state index contributed by atoms with van der Waals surface area (Å²) in [6.07, 6.45) is -4.75. The van der Waals surface area contributed by atoms with E-state index in [4.69, 9.17) is 0 Å². The van der Waals surface area contributed by atoms with Crippen molar-refractivity contribution in [2.75, 3.05) is 17.2 Å². The molecule has 3 aromatic rings. The zero-order valence-corrected chi connectivity index (χ0v) is 17.0. The van der Waals surface area contributed by atoms with Gasteiger partial charge in [0.15, 0.2) is 0 Å². The molecule has 2 N–H and O–H groups in total. The van der Waals surface area contributed by atoms with Gasteiger partial charge in [-0.05, 0) is 36.8 Å². The number of rotatable bonds is 7. The van der Waals surface area contributed by atoms with E-state index in [1.54, 1.807) is 12.1 Å². The molecule has 0 bridgehead atoms. The van der Waals surface area contributed by atoms with Crippen molar-refractivity contribution in [1.82, 2.24) is 9.97 Å². The van der Waals surface area contributed by atoms with Crippen LogP contribution in [0.25, 0.3) is 11.3 Å². The minimum absolute atomic E-state index is 0.303. The number of anilines is 2. The number of halogens is 4. The molecule has 0 atom stereocenters. The Labute approximate surface area is 174 Å². The Kier molecular flexibility index (Phi) is 6.58.